The van der Waals surface area contributed by atoms with Gasteiger partial charge in [0.2, 0.25) is 35.7 Å². The molecule has 1 saturated heterocycles. The van der Waals surface area contributed by atoms with Crippen LogP contribution in [0.1, 0.15) is 98.1 Å². The molecule has 5 aromatic rings. The van der Waals surface area contributed by atoms with E-state index >= 15 is 14.4 Å². The van der Waals surface area contributed by atoms with E-state index in [1.165, 1.54) is 49.5 Å². The van der Waals surface area contributed by atoms with E-state index in [1.807, 2.05) is 0 Å². The number of phenols is 3. The third-order valence-corrected chi connectivity index (χ3v) is 17.3. The molecule has 0 aromatic heterocycles. The van der Waals surface area contributed by atoms with Crippen molar-refractivity contribution in [3.63, 3.8) is 0 Å². The van der Waals surface area contributed by atoms with Crippen LogP contribution in [0, 0.1) is 11.8 Å². The summed E-state index contributed by atoms with van der Waals surface area (Å²) in [6.45, 7) is 6.30. The van der Waals surface area contributed by atoms with Crippen LogP contribution in [-0.2, 0) is 43.0 Å². The van der Waals surface area contributed by atoms with E-state index in [0.29, 0.717) is 0 Å². The molecule has 28 nitrogen and oxygen atoms in total. The molecule has 1 fully saturated rings. The van der Waals surface area contributed by atoms with Gasteiger partial charge in [-0.05, 0) is 102 Å². The molecular formula is C65H70Cl2N6O22. The number of amides is 5. The molecule has 0 saturated carbocycles. The number of phenolic OH excluding ortho intramolecular Hbond substituents is 3. The molecule has 95 heavy (non-hydrogen) atoms. The number of aliphatic hydroxyl groups is 6. The molecule has 11 bridgehead atoms. The number of carbonyl (C=O) groups is 8. The number of carbonyl (C=O) groups excluding carboxylic acids is 8. The van der Waals surface area contributed by atoms with E-state index in [0.717, 1.165) is 54.3 Å². The number of benzene rings is 5. The van der Waals surface area contributed by atoms with Gasteiger partial charge in [0, 0.05) is 43.6 Å². The van der Waals surface area contributed by atoms with Crippen molar-refractivity contribution in [2.24, 2.45) is 17.6 Å². The van der Waals surface area contributed by atoms with E-state index < -0.39 is 193 Å². The van der Waals surface area contributed by atoms with E-state index in [-0.39, 0.29) is 79.4 Å². The molecule has 506 valence electrons. The molecule has 5 amide bonds. The number of rotatable bonds is 12. The standard InChI is InChI=1S/C65H70Cl2N6O22/c1-6-13-91-65(90)73(5)39(14-26(2)3)62(88)71-52-42(79)18-32(24-68)60(86)70-51-31-19-46(92-44-11-8-29(54(52)81)16-37(44)66)59(95-64-58(85)57(84)56(83)48(25-74)94-64)47(20-31)93-45-12-9-30(17-38(45)67)55(82)53-63(89)69-50(27(4)75)36-21-33(76)22-41(78)49(36)35-15-28(7-10-40(35)77)34(23-43(51)80)61(87)72-53/h6-12,15-17,19-22,26,32,34,39,48,50-58,64,74,76-78,81-85H,1,13-14,18,23-25,68H2,2-5H3,(H,69,89)(H,70,86)(H,71,88)(H,72,87)/t32-,34+,39+,48?,50+,51+,52-,53-,54+,55+,56?,57?,58?,64?/m0/s1. The second-order valence-electron chi connectivity index (χ2n) is 23.8. The van der Waals surface area contributed by atoms with Crippen LogP contribution in [0.2, 0.25) is 10.0 Å². The molecule has 11 rings (SSSR count). The maximum atomic E-state index is 15.9. The number of Topliss-reactive ketones (excluding diaryl/α,β-unsaturated/α-hetero) is 3. The first kappa shape index (κ1) is 70.4. The number of aliphatic hydroxyl groups excluding tert-OH is 6. The lowest BCUT2D eigenvalue weighted by Crippen LogP contribution is -2.60. The first-order chi connectivity index (χ1) is 45.0. The van der Waals surface area contributed by atoms with Crippen LogP contribution in [0.4, 0.5) is 4.79 Å². The molecule has 6 aliphatic heterocycles. The van der Waals surface area contributed by atoms with Crippen LogP contribution >= 0.6 is 23.2 Å². The van der Waals surface area contributed by atoms with Gasteiger partial charge in [-0.2, -0.15) is 0 Å². The maximum Gasteiger partial charge on any atom is 0.410 e. The summed E-state index contributed by atoms with van der Waals surface area (Å²) in [5.74, 6) is -15.4. The van der Waals surface area contributed by atoms with E-state index in [4.69, 9.17) is 52.6 Å². The molecule has 0 radical (unpaired) electrons. The predicted molar refractivity (Wildman–Crippen MR) is 334 cm³/mol. The molecule has 6 heterocycles. The van der Waals surface area contributed by atoms with Crippen LogP contribution in [0.5, 0.6) is 46.0 Å². The van der Waals surface area contributed by atoms with Gasteiger partial charge in [-0.3, -0.25) is 38.5 Å². The van der Waals surface area contributed by atoms with Crippen LogP contribution < -0.4 is 41.2 Å². The fraction of sp³-hybridized carbons (Fsp3) is 0.385. The number of likely N-dealkylation sites (N-methyl/N-ethyl adjacent to an activating group) is 1. The Hall–Kier alpha value is -8.94. The van der Waals surface area contributed by atoms with Crippen molar-refractivity contribution in [3.05, 3.63) is 129 Å². The van der Waals surface area contributed by atoms with Crippen molar-refractivity contribution >= 4 is 70.3 Å². The minimum absolute atomic E-state index is 0.0106. The monoisotopic (exact) mass is 1360 g/mol. The number of nitrogens with one attached hydrogen (secondary N) is 4. The number of nitrogens with two attached hydrogens (primary N) is 1. The Kier molecular flexibility index (Phi) is 21.8. The molecule has 5 aromatic carbocycles. The van der Waals surface area contributed by atoms with Crippen molar-refractivity contribution in [1.29, 1.82) is 0 Å². The zero-order valence-corrected chi connectivity index (χ0v) is 52.8. The molecule has 5 unspecified atom stereocenters. The summed E-state index contributed by atoms with van der Waals surface area (Å²) in [5, 5.41) is 111. The Bertz CT molecular complexity index is 3850. The lowest BCUT2D eigenvalue weighted by atomic mass is 9.84. The second-order valence-corrected chi connectivity index (χ2v) is 24.6. The van der Waals surface area contributed by atoms with Crippen molar-refractivity contribution in [2.45, 2.75) is 119 Å². The number of hydrogen-bond donors (Lipinski definition) is 14. The summed E-state index contributed by atoms with van der Waals surface area (Å²) in [4.78, 5) is 119. The number of nitrogens with zero attached hydrogens (tertiary/aromatic N) is 1. The molecule has 0 spiro atoms. The van der Waals surface area contributed by atoms with Gasteiger partial charge < -0.3 is 96.6 Å². The SMILES string of the molecule is C=CCOC(=O)N(C)[C@H](CC(C)C)C(=O)N[C@H]1C(=O)C[C@@H](CN)C(=O)N[C@H]2C(=O)C[C@H]3C(=O)N[C@H](C(=O)N[C@H](C(C)=O)c4cc(O)cc(O)c4-c4cc3ccc4O)[C@H](O)c3ccc(c(Cl)c3)Oc3cc2cc(c3OC2OC(CO)C(O)C(O)C2O)Oc2ccc(cc2Cl)[C@H]1O. The number of fused-ring (bicyclic) bond motifs is 15. The Labute approximate surface area is 552 Å². The third-order valence-electron chi connectivity index (χ3n) is 16.7. The highest BCUT2D eigenvalue weighted by Crippen LogP contribution is 2.50. The zero-order chi connectivity index (χ0) is 69.2. The molecule has 15 N–H and O–H groups in total. The topological polar surface area (TPSA) is 442 Å². The first-order valence-corrected chi connectivity index (χ1v) is 30.6. The van der Waals surface area contributed by atoms with Crippen LogP contribution in [-0.4, -0.2) is 174 Å². The van der Waals surface area contributed by atoms with Gasteiger partial charge in [-0.25, -0.2) is 4.79 Å². The average molecular weight is 1360 g/mol. The largest absolute Gasteiger partial charge is 0.508 e. The number of halogens is 2. The zero-order valence-electron chi connectivity index (χ0n) is 51.3. The summed E-state index contributed by atoms with van der Waals surface area (Å²) < 4.78 is 30.3. The van der Waals surface area contributed by atoms with Gasteiger partial charge in [0.25, 0.3) is 0 Å². The number of ether oxygens (including phenoxy) is 5. The van der Waals surface area contributed by atoms with Crippen molar-refractivity contribution in [1.82, 2.24) is 26.2 Å². The number of hydrogen-bond acceptors (Lipinski definition) is 23. The molecular weight excluding hydrogens is 1290 g/mol. The fourth-order valence-electron chi connectivity index (χ4n) is 11.6. The van der Waals surface area contributed by atoms with Gasteiger partial charge in [-0.15, -0.1) is 0 Å². The number of aromatic hydroxyl groups is 3. The Morgan fingerprint density at radius 1 is 0.747 bits per heavy atom. The minimum atomic E-state index is -2.12. The molecule has 0 aliphatic carbocycles. The van der Waals surface area contributed by atoms with Crippen molar-refractivity contribution in [2.75, 3.05) is 26.8 Å². The van der Waals surface area contributed by atoms with Crippen LogP contribution in [0.25, 0.3) is 11.1 Å². The first-order valence-electron chi connectivity index (χ1n) is 29.9. The van der Waals surface area contributed by atoms with Gasteiger partial charge in [0.05, 0.1) is 28.5 Å². The summed E-state index contributed by atoms with van der Waals surface area (Å²) in [6.07, 6.45) is -15.3. The van der Waals surface area contributed by atoms with E-state index in [2.05, 4.69) is 27.8 Å². The maximum absolute atomic E-state index is 15.9. The van der Waals surface area contributed by atoms with Gasteiger partial charge in [0.1, 0.15) is 102 Å². The smallest absolute Gasteiger partial charge is 0.410 e. The van der Waals surface area contributed by atoms with E-state index in [9.17, 15) is 69.9 Å². The minimum Gasteiger partial charge on any atom is -0.508 e. The van der Waals surface area contributed by atoms with Gasteiger partial charge >= 0.3 is 6.09 Å². The average Bonchev–Trinajstić information content (AvgIpc) is 0.772. The highest BCUT2D eigenvalue weighted by molar-refractivity contribution is 6.32. The summed E-state index contributed by atoms with van der Waals surface area (Å²) in [6, 6.07) is 5.51. The predicted octanol–water partition coefficient (Wildman–Crippen LogP) is 3.47. The Morgan fingerprint density at radius 2 is 1.38 bits per heavy atom. The second kappa shape index (κ2) is 29.4. The highest BCUT2D eigenvalue weighted by Gasteiger charge is 2.47. The normalized spacial score (nSPS) is 25.7. The van der Waals surface area contributed by atoms with Crippen LogP contribution in [0.15, 0.2) is 91.5 Å². The highest BCUT2D eigenvalue weighted by atomic mass is 35.5. The quantitative estimate of drug-likeness (QED) is 0.0795. The van der Waals surface area contributed by atoms with Crippen molar-refractivity contribution in [3.8, 4) is 57.1 Å². The Balaban J connectivity index is 1.28. The summed E-state index contributed by atoms with van der Waals surface area (Å²) in [5.41, 5.74) is 4.65. The summed E-state index contributed by atoms with van der Waals surface area (Å²) in [7, 11) is 1.29. The lowest BCUT2D eigenvalue weighted by molar-refractivity contribution is -0.277. The van der Waals surface area contributed by atoms with Crippen molar-refractivity contribution < 1.29 is 108 Å². The third kappa shape index (κ3) is 15.0. The lowest BCUT2D eigenvalue weighted by Gasteiger charge is -2.39. The molecule has 14 atom stereocenters. The summed E-state index contributed by atoms with van der Waals surface area (Å²) >= 11 is 14.0. The van der Waals surface area contributed by atoms with E-state index in [1.54, 1.807) is 13.8 Å². The van der Waals surface area contributed by atoms with Crippen LogP contribution in [0.3, 0.4) is 0 Å². The van der Waals surface area contributed by atoms with Gasteiger partial charge in [-0.1, -0.05) is 67.9 Å². The molecule has 6 aliphatic rings. The fourth-order valence-corrected chi connectivity index (χ4v) is 12.0. The Morgan fingerprint density at radius 3 is 1.97 bits per heavy atom. The number of ketones is 3. The molecule has 30 heteroatoms. The van der Waals surface area contributed by atoms with Gasteiger partial charge in [0.15, 0.2) is 28.8 Å².